The molecule has 13 aromatic rings. The molecule has 0 N–H and O–H groups in total. The molecule has 0 spiro atoms. The van der Waals surface area contributed by atoms with Crippen LogP contribution in [0.5, 0.6) is 0 Å². The van der Waals surface area contributed by atoms with Crippen LogP contribution < -0.4 is 9.80 Å². The normalized spacial score (nSPS) is 13.6. The Bertz CT molecular complexity index is 4420. The predicted molar refractivity (Wildman–Crippen MR) is 305 cm³/mol. The summed E-state index contributed by atoms with van der Waals surface area (Å²) in [7, 11) is 0. The smallest absolute Gasteiger partial charge is 0.123 e. The number of hydrogen-bond donors (Lipinski definition) is 0. The Balaban J connectivity index is 0.928. The summed E-state index contributed by atoms with van der Waals surface area (Å²) >= 11 is 0. The minimum atomic E-state index is -1.06. The van der Waals surface area contributed by atoms with Gasteiger partial charge in [0.25, 0.3) is 0 Å². The van der Waals surface area contributed by atoms with Crippen LogP contribution in [0, 0.1) is 17.5 Å². The summed E-state index contributed by atoms with van der Waals surface area (Å²) in [5.41, 5.74) is 13.1. The Morgan fingerprint density at radius 3 is 1.25 bits per heavy atom. The van der Waals surface area contributed by atoms with E-state index in [0.717, 1.165) is 122 Å². The van der Waals surface area contributed by atoms with Gasteiger partial charge < -0.3 is 18.9 Å². The number of hydrogen-bond acceptors (Lipinski definition) is 2. The molecule has 1 atom stereocenters. The summed E-state index contributed by atoms with van der Waals surface area (Å²) in [6, 6.07) is 74.7. The first-order valence-corrected chi connectivity index (χ1v) is 25.3. The van der Waals surface area contributed by atoms with Gasteiger partial charge in [0.2, 0.25) is 0 Å². The zero-order chi connectivity index (χ0) is 51.0. The van der Waals surface area contributed by atoms with E-state index in [0.29, 0.717) is 0 Å². The Kier molecular flexibility index (Phi) is 10.7. The van der Waals surface area contributed by atoms with E-state index in [2.05, 4.69) is 152 Å². The van der Waals surface area contributed by atoms with Crippen molar-refractivity contribution in [2.45, 2.75) is 12.6 Å². The third-order valence-electron chi connectivity index (χ3n) is 14.9. The number of aromatic nitrogens is 2. The molecule has 11 aromatic carbocycles. The molecule has 0 amide bonds. The lowest BCUT2D eigenvalue weighted by Crippen LogP contribution is -2.17. The molecule has 2 aromatic heterocycles. The number of benzene rings is 11. The quantitative estimate of drug-likeness (QED) is 0.106. The van der Waals surface area contributed by atoms with Crippen LogP contribution in [-0.2, 0) is 0 Å². The number of nitrogens with zero attached hydrogens (tertiary/aromatic N) is 4. The monoisotopic (exact) mass is 992 g/mol. The van der Waals surface area contributed by atoms with Crippen LogP contribution in [0.1, 0.15) is 6.42 Å². The average molecular weight is 993 g/mol. The van der Waals surface area contributed by atoms with Crippen molar-refractivity contribution in [1.82, 2.24) is 9.13 Å². The summed E-state index contributed by atoms with van der Waals surface area (Å²) in [6.07, 6.45) is 4.64. The zero-order valence-electron chi connectivity index (χ0n) is 40.8. The minimum absolute atomic E-state index is 0.263. The molecule has 0 fully saturated rings. The van der Waals surface area contributed by atoms with Crippen LogP contribution in [0.15, 0.2) is 254 Å². The first kappa shape index (κ1) is 45.0. The van der Waals surface area contributed by atoms with Gasteiger partial charge in [0.05, 0.1) is 27.8 Å². The van der Waals surface area contributed by atoms with E-state index in [-0.39, 0.29) is 23.9 Å². The van der Waals surface area contributed by atoms with Gasteiger partial charge in [0.15, 0.2) is 0 Å². The Hall–Kier alpha value is -9.66. The molecule has 0 aliphatic heterocycles. The lowest BCUT2D eigenvalue weighted by molar-refractivity contribution is 0.400. The second-order valence-electron chi connectivity index (χ2n) is 19.3. The highest BCUT2D eigenvalue weighted by molar-refractivity contribution is 6.23. The van der Waals surface area contributed by atoms with Gasteiger partial charge in [0, 0.05) is 78.6 Å². The highest BCUT2D eigenvalue weighted by atomic mass is 19.1. The molecule has 8 heteroatoms. The van der Waals surface area contributed by atoms with Crippen LogP contribution in [-0.4, -0.2) is 15.3 Å². The van der Waals surface area contributed by atoms with Gasteiger partial charge in [-0.25, -0.2) is 17.6 Å². The standard InChI is InChI=1S/C68H44F4N4/c69-44-19-29-49(30-20-44)73(53-37-39-65-61(41-53)55-9-5-7-15-63(55)75(65)51-33-23-46(71)24-34-51)48-27-17-43(18-28-48)67-57-11-1-3-13-59(57)68(60-14-4-2-12-58(60)67)74(50-31-21-45(70)22-32-50)54-38-40-66-62(42-54)56-10-6-8-16-64(56)76(66)52-35-25-47(72)26-36-52/h1-19,21-42,44H,20H2. The second-order valence-corrected chi connectivity index (χ2v) is 19.3. The van der Waals surface area contributed by atoms with Crippen molar-refractivity contribution in [3.8, 4) is 22.5 Å². The van der Waals surface area contributed by atoms with E-state index >= 15 is 0 Å². The van der Waals surface area contributed by atoms with Crippen molar-refractivity contribution in [3.63, 3.8) is 0 Å². The molecule has 0 saturated heterocycles. The molecule has 364 valence electrons. The van der Waals surface area contributed by atoms with Gasteiger partial charge >= 0.3 is 0 Å². The number of alkyl halides is 1. The first-order valence-electron chi connectivity index (χ1n) is 25.3. The van der Waals surface area contributed by atoms with Crippen LogP contribution >= 0.6 is 0 Å². The van der Waals surface area contributed by atoms with Crippen molar-refractivity contribution in [2.75, 3.05) is 9.80 Å². The third kappa shape index (κ3) is 7.43. The first-order chi connectivity index (χ1) is 37.3. The van der Waals surface area contributed by atoms with Crippen molar-refractivity contribution in [1.29, 1.82) is 0 Å². The van der Waals surface area contributed by atoms with Crippen molar-refractivity contribution in [2.24, 2.45) is 0 Å². The molecule has 14 rings (SSSR count). The molecule has 0 bridgehead atoms. The van der Waals surface area contributed by atoms with Crippen molar-refractivity contribution < 1.29 is 17.6 Å². The minimum Gasteiger partial charge on any atom is -0.311 e. The number of para-hydroxylation sites is 2. The predicted octanol–water partition coefficient (Wildman–Crippen LogP) is 19.1. The van der Waals surface area contributed by atoms with Crippen LogP contribution in [0.4, 0.5) is 46.0 Å². The van der Waals surface area contributed by atoms with Crippen LogP contribution in [0.25, 0.3) is 87.7 Å². The molecule has 1 unspecified atom stereocenters. The maximum atomic E-state index is 14.9. The van der Waals surface area contributed by atoms with Crippen LogP contribution in [0.3, 0.4) is 0 Å². The van der Waals surface area contributed by atoms with Crippen molar-refractivity contribution >= 4 is 93.6 Å². The summed E-state index contributed by atoms with van der Waals surface area (Å²) in [6.45, 7) is 0. The van der Waals surface area contributed by atoms with E-state index in [4.69, 9.17) is 0 Å². The summed E-state index contributed by atoms with van der Waals surface area (Å²) < 4.78 is 62.3. The molecule has 1 aliphatic rings. The second kappa shape index (κ2) is 18.1. The van der Waals surface area contributed by atoms with Gasteiger partial charge in [-0.2, -0.15) is 0 Å². The third-order valence-corrected chi connectivity index (χ3v) is 14.9. The van der Waals surface area contributed by atoms with Crippen molar-refractivity contribution in [3.05, 3.63) is 272 Å². The summed E-state index contributed by atoms with van der Waals surface area (Å²) in [5.74, 6) is -0.914. The van der Waals surface area contributed by atoms with E-state index < -0.39 is 6.17 Å². The van der Waals surface area contributed by atoms with E-state index in [1.165, 1.54) is 36.4 Å². The largest absolute Gasteiger partial charge is 0.311 e. The summed E-state index contributed by atoms with van der Waals surface area (Å²) in [4.78, 5) is 4.42. The van der Waals surface area contributed by atoms with Gasteiger partial charge in [-0.1, -0.05) is 103 Å². The average Bonchev–Trinajstić information content (AvgIpc) is 4.08. The number of allylic oxidation sites excluding steroid dienone is 3. The lowest BCUT2D eigenvalue weighted by atomic mass is 9.89. The maximum Gasteiger partial charge on any atom is 0.123 e. The molecule has 2 heterocycles. The Morgan fingerprint density at radius 1 is 0.368 bits per heavy atom. The molecule has 0 saturated carbocycles. The highest BCUT2D eigenvalue weighted by Crippen LogP contribution is 2.50. The lowest BCUT2D eigenvalue weighted by Gasteiger charge is -2.30. The Morgan fingerprint density at radius 2 is 0.763 bits per heavy atom. The molecule has 1 aliphatic carbocycles. The number of fused-ring (bicyclic) bond motifs is 8. The van der Waals surface area contributed by atoms with Gasteiger partial charge in [-0.05, 0) is 168 Å². The molecular formula is C68H44F4N4. The molecule has 76 heavy (non-hydrogen) atoms. The fraction of sp³-hybridized carbons (Fsp3) is 0.0294. The van der Waals surface area contributed by atoms with Gasteiger partial charge in [-0.15, -0.1) is 0 Å². The zero-order valence-corrected chi connectivity index (χ0v) is 40.8. The molecular weight excluding hydrogens is 949 g/mol. The van der Waals surface area contributed by atoms with E-state index in [1.807, 2.05) is 48.6 Å². The van der Waals surface area contributed by atoms with Gasteiger partial charge in [0.1, 0.15) is 23.6 Å². The number of anilines is 5. The topological polar surface area (TPSA) is 16.3 Å². The van der Waals surface area contributed by atoms with Gasteiger partial charge in [-0.3, -0.25) is 0 Å². The fourth-order valence-corrected chi connectivity index (χ4v) is 11.6. The number of rotatable bonds is 9. The molecule has 4 nitrogen and oxygen atoms in total. The van der Waals surface area contributed by atoms with Crippen LogP contribution in [0.2, 0.25) is 0 Å². The summed E-state index contributed by atoms with van der Waals surface area (Å²) in [5, 5.41) is 8.25. The highest BCUT2D eigenvalue weighted by Gasteiger charge is 2.25. The molecule has 0 radical (unpaired) electrons. The Labute approximate surface area is 435 Å². The number of halogens is 4. The fourth-order valence-electron chi connectivity index (χ4n) is 11.6. The van der Waals surface area contributed by atoms with E-state index in [9.17, 15) is 17.6 Å². The van der Waals surface area contributed by atoms with E-state index in [1.54, 1.807) is 30.3 Å². The SMILES string of the molecule is Fc1ccc(N(c2ccc3c(c2)c2ccccc2n3-c2ccc(F)cc2)c2c3ccccc3c(-c3ccc(N(C4=CCC(F)C=C4)c4ccc5c(c4)c4ccccc4n5-c4ccc(F)cc4)cc3)c3ccccc23)cc1. The maximum absolute atomic E-state index is 14.9.